The minimum Gasteiger partial charge on any atom is -0.436 e. The minimum absolute atomic E-state index is 0.0595. The Morgan fingerprint density at radius 1 is 1.09 bits per heavy atom. The number of hydrogen-bond acceptors (Lipinski definition) is 5. The fourth-order valence-electron chi connectivity index (χ4n) is 3.28. The lowest BCUT2D eigenvalue weighted by atomic mass is 10.1. The topological polar surface area (TPSA) is 90.4 Å². The summed E-state index contributed by atoms with van der Waals surface area (Å²) in [5, 5.41) is 5.22. The van der Waals surface area contributed by atoms with Crippen LogP contribution in [0.4, 0.5) is 5.69 Å². The van der Waals surface area contributed by atoms with Crippen LogP contribution in [-0.2, 0) is 9.22 Å². The lowest BCUT2D eigenvalue weighted by molar-refractivity contribution is -0.118. The number of oxazole rings is 1. The second-order valence-electron chi connectivity index (χ2n) is 9.93. The number of carbonyl (C=O) groups is 1. The highest BCUT2D eigenvalue weighted by Crippen LogP contribution is 2.36. The first kappa shape index (κ1) is 23.2. The van der Waals surface area contributed by atoms with Crippen molar-refractivity contribution in [2.45, 2.75) is 44.9 Å². The molecule has 0 aliphatic carbocycles. The molecule has 0 saturated carbocycles. The van der Waals surface area contributed by atoms with Gasteiger partial charge in [0.1, 0.15) is 11.6 Å². The number of fused-ring (bicyclic) bond motifs is 2. The smallest absolute Gasteiger partial charge is 0.243 e. The van der Waals surface area contributed by atoms with Crippen LogP contribution >= 0.6 is 0 Å². The Bertz CT molecular complexity index is 1310. The van der Waals surface area contributed by atoms with Crippen molar-refractivity contribution < 1.29 is 13.6 Å². The van der Waals surface area contributed by atoms with Crippen LogP contribution in [0.25, 0.3) is 33.3 Å². The van der Waals surface area contributed by atoms with Gasteiger partial charge in [-0.3, -0.25) is 4.79 Å². The maximum Gasteiger partial charge on any atom is 0.243 e. The summed E-state index contributed by atoms with van der Waals surface area (Å²) >= 11 is 0. The molecule has 0 radical (unpaired) electrons. The van der Waals surface area contributed by atoms with E-state index in [2.05, 4.69) is 68.4 Å². The van der Waals surface area contributed by atoms with E-state index in [9.17, 15) is 4.79 Å². The highest BCUT2D eigenvalue weighted by molar-refractivity contribution is 6.74. The molecule has 1 aromatic heterocycles. The first-order valence-electron chi connectivity index (χ1n) is 11.1. The zero-order chi connectivity index (χ0) is 23.8. The number of benzene rings is 3. The minimum atomic E-state index is -1.97. The van der Waals surface area contributed by atoms with Crippen molar-refractivity contribution >= 4 is 41.8 Å². The maximum atomic E-state index is 12.6. The van der Waals surface area contributed by atoms with E-state index in [1.54, 1.807) is 18.2 Å². The van der Waals surface area contributed by atoms with E-state index in [0.29, 0.717) is 22.7 Å². The molecule has 0 saturated heterocycles. The van der Waals surface area contributed by atoms with Crippen LogP contribution in [0.5, 0.6) is 0 Å². The Balaban J connectivity index is 1.47. The van der Waals surface area contributed by atoms with Gasteiger partial charge >= 0.3 is 0 Å². The third-order valence-corrected chi connectivity index (χ3v) is 10.9. The van der Waals surface area contributed by atoms with Crippen molar-refractivity contribution in [2.75, 3.05) is 11.9 Å². The number of anilines is 1. The van der Waals surface area contributed by atoms with Crippen LogP contribution in [0, 0.1) is 0 Å². The van der Waals surface area contributed by atoms with Crippen molar-refractivity contribution in [3.63, 3.8) is 0 Å². The van der Waals surface area contributed by atoms with Crippen molar-refractivity contribution in [3.8, 4) is 11.5 Å². The molecule has 0 spiro atoms. The number of nitrogens with two attached hydrogens (primary N) is 1. The molecule has 3 aromatic carbocycles. The van der Waals surface area contributed by atoms with Crippen molar-refractivity contribution in [1.82, 2.24) is 4.98 Å². The zero-order valence-corrected chi connectivity index (χ0v) is 20.8. The molecule has 1 unspecified atom stereocenters. The fraction of sp³-hybridized carbons (Fsp3) is 0.308. The molecular formula is C26H31N3O3Si. The van der Waals surface area contributed by atoms with Crippen LogP contribution in [0.15, 0.2) is 65.1 Å². The SMILES string of the molecule is CC(C)(C)[Si](C)(C)OCC(N)C(=O)Nc1ccc2oc(-c3ccc4ccccc4c3)nc2c1. The van der Waals surface area contributed by atoms with Crippen molar-refractivity contribution in [3.05, 3.63) is 60.7 Å². The molecule has 1 heterocycles. The number of aromatic nitrogens is 1. The molecule has 0 aliphatic heterocycles. The van der Waals surface area contributed by atoms with Gasteiger partial charge in [-0.25, -0.2) is 4.98 Å². The largest absolute Gasteiger partial charge is 0.436 e. The average Bonchev–Trinajstić information content (AvgIpc) is 3.20. The van der Waals surface area contributed by atoms with Gasteiger partial charge in [-0.15, -0.1) is 0 Å². The van der Waals surface area contributed by atoms with Gasteiger partial charge < -0.3 is 19.9 Å². The summed E-state index contributed by atoms with van der Waals surface area (Å²) in [4.78, 5) is 17.3. The Kier molecular flexibility index (Phi) is 6.13. The number of nitrogens with one attached hydrogen (secondary N) is 1. The van der Waals surface area contributed by atoms with E-state index in [-0.39, 0.29) is 17.6 Å². The molecule has 3 N–H and O–H groups in total. The quantitative estimate of drug-likeness (QED) is 0.347. The molecule has 1 amide bonds. The average molecular weight is 462 g/mol. The summed E-state index contributed by atoms with van der Waals surface area (Å²) in [5.74, 6) is 0.255. The van der Waals surface area contributed by atoms with E-state index in [4.69, 9.17) is 14.6 Å². The molecule has 4 rings (SSSR count). The molecule has 1 atom stereocenters. The Labute approximate surface area is 195 Å². The second kappa shape index (κ2) is 8.74. The monoisotopic (exact) mass is 461 g/mol. The third kappa shape index (κ3) is 5.00. The summed E-state index contributed by atoms with van der Waals surface area (Å²) in [5.41, 5.74) is 8.95. The number of hydrogen-bond donors (Lipinski definition) is 2. The first-order valence-corrected chi connectivity index (χ1v) is 14.0. The molecule has 0 aliphatic rings. The van der Waals surface area contributed by atoms with Gasteiger partial charge in [-0.1, -0.05) is 51.1 Å². The normalized spacial score (nSPS) is 13.4. The van der Waals surface area contributed by atoms with Crippen LogP contribution in [0.2, 0.25) is 18.1 Å². The maximum absolute atomic E-state index is 12.6. The summed E-state index contributed by atoms with van der Waals surface area (Å²) < 4.78 is 12.0. The summed E-state index contributed by atoms with van der Waals surface area (Å²) in [6, 6.07) is 18.9. The Morgan fingerprint density at radius 2 is 1.82 bits per heavy atom. The van der Waals surface area contributed by atoms with Gasteiger partial charge in [-0.2, -0.15) is 0 Å². The fourth-order valence-corrected chi connectivity index (χ4v) is 4.31. The highest BCUT2D eigenvalue weighted by atomic mass is 28.4. The van der Waals surface area contributed by atoms with Gasteiger partial charge in [0.05, 0.1) is 6.61 Å². The lowest BCUT2D eigenvalue weighted by Crippen LogP contribution is -2.47. The molecular weight excluding hydrogens is 430 g/mol. The molecule has 6 nitrogen and oxygen atoms in total. The summed E-state index contributed by atoms with van der Waals surface area (Å²) in [6.07, 6.45) is 0. The molecule has 172 valence electrons. The van der Waals surface area contributed by atoms with Crippen molar-refractivity contribution in [1.29, 1.82) is 0 Å². The van der Waals surface area contributed by atoms with Gasteiger partial charge in [0.25, 0.3) is 0 Å². The molecule has 4 aromatic rings. The predicted molar refractivity (Wildman–Crippen MR) is 137 cm³/mol. The van der Waals surface area contributed by atoms with Crippen molar-refractivity contribution in [2.24, 2.45) is 5.73 Å². The number of amides is 1. The molecule has 33 heavy (non-hydrogen) atoms. The van der Waals surface area contributed by atoms with Crippen LogP contribution in [0.1, 0.15) is 20.8 Å². The van der Waals surface area contributed by atoms with Gasteiger partial charge in [0.15, 0.2) is 13.9 Å². The predicted octanol–water partition coefficient (Wildman–Crippen LogP) is 5.94. The third-order valence-electron chi connectivity index (χ3n) is 6.42. The Hall–Kier alpha value is -3.00. The summed E-state index contributed by atoms with van der Waals surface area (Å²) in [7, 11) is -1.97. The molecule has 0 bridgehead atoms. The van der Waals surface area contributed by atoms with Crippen LogP contribution < -0.4 is 11.1 Å². The summed E-state index contributed by atoms with van der Waals surface area (Å²) in [6.45, 7) is 10.9. The lowest BCUT2D eigenvalue weighted by Gasteiger charge is -2.36. The zero-order valence-electron chi connectivity index (χ0n) is 19.8. The van der Waals surface area contributed by atoms with E-state index in [0.717, 1.165) is 16.3 Å². The van der Waals surface area contributed by atoms with Gasteiger partial charge in [0, 0.05) is 11.3 Å². The number of nitrogens with zero attached hydrogens (tertiary/aromatic N) is 1. The number of rotatable bonds is 6. The van der Waals surface area contributed by atoms with Crippen LogP contribution in [0.3, 0.4) is 0 Å². The Morgan fingerprint density at radius 3 is 2.55 bits per heavy atom. The van der Waals surface area contributed by atoms with E-state index in [1.165, 1.54) is 0 Å². The second-order valence-corrected chi connectivity index (χ2v) is 14.7. The van der Waals surface area contributed by atoms with E-state index < -0.39 is 14.4 Å². The molecule has 7 heteroatoms. The first-order chi connectivity index (χ1) is 15.5. The highest BCUT2D eigenvalue weighted by Gasteiger charge is 2.37. The standard InChI is InChI=1S/C26H31N3O3Si/c1-26(2,3)33(4,5)31-16-21(27)24(30)28-20-12-13-23-22(15-20)29-25(32-23)19-11-10-17-8-6-7-9-18(17)14-19/h6-15,21H,16,27H2,1-5H3,(H,28,30). The van der Waals surface area contributed by atoms with Gasteiger partial charge in [-0.05, 0) is 59.2 Å². The van der Waals surface area contributed by atoms with E-state index in [1.807, 2.05) is 18.2 Å². The van der Waals surface area contributed by atoms with Crippen LogP contribution in [-0.4, -0.2) is 31.9 Å². The molecule has 0 fully saturated rings. The van der Waals surface area contributed by atoms with Gasteiger partial charge in [0.2, 0.25) is 11.8 Å². The number of carbonyl (C=O) groups excluding carboxylic acids is 1. The van der Waals surface area contributed by atoms with E-state index >= 15 is 0 Å².